The van der Waals surface area contributed by atoms with Gasteiger partial charge in [0.2, 0.25) is 0 Å². The van der Waals surface area contributed by atoms with E-state index in [0.29, 0.717) is 5.69 Å². The van der Waals surface area contributed by atoms with Gasteiger partial charge < -0.3 is 4.40 Å². The number of nitrogens with one attached hydrogen (secondary N) is 1. The summed E-state index contributed by atoms with van der Waals surface area (Å²) in [6.45, 7) is 7.62. The maximum atomic E-state index is 12.7. The van der Waals surface area contributed by atoms with Crippen LogP contribution < -0.4 is 4.72 Å². The number of imidazole rings is 1. The molecule has 1 N–H and O–H groups in total. The maximum Gasteiger partial charge on any atom is 0.279 e. The predicted molar refractivity (Wildman–Crippen MR) is 88.0 cm³/mol. The van der Waals surface area contributed by atoms with E-state index in [4.69, 9.17) is 0 Å². The van der Waals surface area contributed by atoms with Crippen LogP contribution in [0.1, 0.15) is 26.5 Å². The molecule has 0 saturated heterocycles. The fourth-order valence-electron chi connectivity index (χ4n) is 2.37. The summed E-state index contributed by atoms with van der Waals surface area (Å²) in [6, 6.07) is 4.96. The van der Waals surface area contributed by atoms with Crippen molar-refractivity contribution in [1.82, 2.24) is 19.2 Å². The quantitative estimate of drug-likeness (QED) is 0.798. The van der Waals surface area contributed by atoms with Crippen molar-refractivity contribution in [2.24, 2.45) is 0 Å². The molecule has 0 radical (unpaired) electrons. The lowest BCUT2D eigenvalue weighted by molar-refractivity contribution is 0.326. The van der Waals surface area contributed by atoms with Crippen LogP contribution in [0.25, 0.3) is 5.65 Å². The number of anilines is 1. The van der Waals surface area contributed by atoms with Gasteiger partial charge in [-0.2, -0.15) is 13.5 Å². The van der Waals surface area contributed by atoms with E-state index in [1.165, 1.54) is 16.9 Å². The molecule has 7 nitrogen and oxygen atoms in total. The Balaban J connectivity index is 2.00. The standard InChI is InChI=1S/C15H19N5O2S/c1-11-9-16-13-6-5-12(10-19(11)13)18-23(21,22)14-7-8-17-20(14)15(2,3)4/h5-10,18H,1-4H3. The average Bonchev–Trinajstić information content (AvgIpc) is 3.06. The Morgan fingerprint density at radius 1 is 1.17 bits per heavy atom. The van der Waals surface area contributed by atoms with Crippen LogP contribution in [0.2, 0.25) is 0 Å². The molecule has 0 unspecified atom stereocenters. The predicted octanol–water partition coefficient (Wildman–Crippen LogP) is 2.40. The van der Waals surface area contributed by atoms with Gasteiger partial charge >= 0.3 is 0 Å². The molecule has 0 aliphatic rings. The van der Waals surface area contributed by atoms with Gasteiger partial charge in [-0.1, -0.05) is 0 Å². The summed E-state index contributed by atoms with van der Waals surface area (Å²) >= 11 is 0. The monoisotopic (exact) mass is 333 g/mol. The third-order valence-corrected chi connectivity index (χ3v) is 4.83. The summed E-state index contributed by atoms with van der Waals surface area (Å²) in [4.78, 5) is 4.22. The SMILES string of the molecule is Cc1cnc2ccc(NS(=O)(=O)c3ccnn3C(C)(C)C)cn12. The number of sulfonamides is 1. The zero-order valence-electron chi connectivity index (χ0n) is 13.5. The molecule has 3 heterocycles. The molecule has 0 atom stereocenters. The van der Waals surface area contributed by atoms with E-state index in [1.807, 2.05) is 32.1 Å². The Kier molecular flexibility index (Phi) is 3.44. The Morgan fingerprint density at radius 3 is 2.61 bits per heavy atom. The molecule has 0 saturated carbocycles. The largest absolute Gasteiger partial charge is 0.302 e. The first-order valence-corrected chi connectivity index (χ1v) is 8.68. The zero-order valence-corrected chi connectivity index (χ0v) is 14.3. The Labute approximate surface area is 135 Å². The van der Waals surface area contributed by atoms with Crippen LogP contribution in [0.3, 0.4) is 0 Å². The fourth-order valence-corrected chi connectivity index (χ4v) is 3.69. The molecule has 8 heteroatoms. The van der Waals surface area contributed by atoms with Crippen LogP contribution in [-0.4, -0.2) is 27.6 Å². The van der Waals surface area contributed by atoms with Crippen LogP contribution in [0.4, 0.5) is 5.69 Å². The minimum Gasteiger partial charge on any atom is -0.302 e. The van der Waals surface area contributed by atoms with Crippen LogP contribution in [0, 0.1) is 6.92 Å². The summed E-state index contributed by atoms with van der Waals surface area (Å²) in [6.07, 6.45) is 4.94. The number of rotatable bonds is 3. The molecule has 3 rings (SSSR count). The van der Waals surface area contributed by atoms with Gasteiger partial charge in [0.05, 0.1) is 17.4 Å². The lowest BCUT2D eigenvalue weighted by Crippen LogP contribution is -2.28. The molecule has 3 aromatic rings. The van der Waals surface area contributed by atoms with Crippen LogP contribution in [0.5, 0.6) is 0 Å². The highest BCUT2D eigenvalue weighted by molar-refractivity contribution is 7.92. The second-order valence-electron chi connectivity index (χ2n) is 6.40. The van der Waals surface area contributed by atoms with Gasteiger partial charge in [0.15, 0.2) is 5.03 Å². The van der Waals surface area contributed by atoms with Gasteiger partial charge in [-0.15, -0.1) is 0 Å². The smallest absolute Gasteiger partial charge is 0.279 e. The van der Waals surface area contributed by atoms with E-state index in [2.05, 4.69) is 14.8 Å². The van der Waals surface area contributed by atoms with Crippen molar-refractivity contribution in [2.45, 2.75) is 38.3 Å². The molecule has 0 bridgehead atoms. The summed E-state index contributed by atoms with van der Waals surface area (Å²) in [5.74, 6) is 0. The van der Waals surface area contributed by atoms with Gasteiger partial charge in [-0.25, -0.2) is 9.67 Å². The molecule has 0 aliphatic heterocycles. The van der Waals surface area contributed by atoms with Crippen molar-refractivity contribution in [1.29, 1.82) is 0 Å². The molecule has 0 amide bonds. The van der Waals surface area contributed by atoms with E-state index < -0.39 is 15.6 Å². The van der Waals surface area contributed by atoms with Crippen molar-refractivity contribution < 1.29 is 8.42 Å². The van der Waals surface area contributed by atoms with E-state index in [1.54, 1.807) is 24.5 Å². The summed E-state index contributed by atoms with van der Waals surface area (Å²) in [7, 11) is -3.73. The molecule has 122 valence electrons. The normalized spacial score (nSPS) is 12.7. The van der Waals surface area contributed by atoms with Crippen molar-refractivity contribution in [3.63, 3.8) is 0 Å². The minimum atomic E-state index is -3.73. The van der Waals surface area contributed by atoms with Gasteiger partial charge in [0.1, 0.15) is 5.65 Å². The zero-order chi connectivity index (χ0) is 16.8. The van der Waals surface area contributed by atoms with Gasteiger partial charge in [0.25, 0.3) is 10.0 Å². The Morgan fingerprint density at radius 2 is 1.91 bits per heavy atom. The second kappa shape index (κ2) is 5.09. The first-order chi connectivity index (χ1) is 10.7. The Hall–Kier alpha value is -2.35. The number of aromatic nitrogens is 4. The molecule has 0 aliphatic carbocycles. The first-order valence-electron chi connectivity index (χ1n) is 7.19. The number of nitrogens with zero attached hydrogens (tertiary/aromatic N) is 4. The molecule has 0 fully saturated rings. The van der Waals surface area contributed by atoms with Crippen LogP contribution in [-0.2, 0) is 15.6 Å². The third kappa shape index (κ3) is 2.81. The fraction of sp³-hybridized carbons (Fsp3) is 0.333. The van der Waals surface area contributed by atoms with Gasteiger partial charge in [-0.3, -0.25) is 4.72 Å². The number of fused-ring (bicyclic) bond motifs is 1. The number of pyridine rings is 1. The third-order valence-electron chi connectivity index (χ3n) is 3.46. The lowest BCUT2D eigenvalue weighted by Gasteiger charge is -2.22. The number of hydrogen-bond acceptors (Lipinski definition) is 4. The van der Waals surface area contributed by atoms with E-state index in [-0.39, 0.29) is 5.03 Å². The molecular weight excluding hydrogens is 314 g/mol. The van der Waals surface area contributed by atoms with Crippen molar-refractivity contribution >= 4 is 21.4 Å². The van der Waals surface area contributed by atoms with Crippen LogP contribution >= 0.6 is 0 Å². The molecule has 0 aromatic carbocycles. The topological polar surface area (TPSA) is 81.3 Å². The van der Waals surface area contributed by atoms with E-state index in [9.17, 15) is 8.42 Å². The molecule has 0 spiro atoms. The van der Waals surface area contributed by atoms with Crippen molar-refractivity contribution in [3.05, 3.63) is 42.5 Å². The second-order valence-corrected chi connectivity index (χ2v) is 8.03. The number of hydrogen-bond donors (Lipinski definition) is 1. The summed E-state index contributed by atoms with van der Waals surface area (Å²) < 4.78 is 31.3. The highest BCUT2D eigenvalue weighted by atomic mass is 32.2. The van der Waals surface area contributed by atoms with E-state index >= 15 is 0 Å². The number of aryl methyl sites for hydroxylation is 1. The maximum absolute atomic E-state index is 12.7. The van der Waals surface area contributed by atoms with Gasteiger partial charge in [-0.05, 0) is 45.9 Å². The summed E-state index contributed by atoms with van der Waals surface area (Å²) in [5.41, 5.74) is 1.74. The molecule has 3 aromatic heterocycles. The molecular formula is C15H19N5O2S. The van der Waals surface area contributed by atoms with Gasteiger partial charge in [0, 0.05) is 18.1 Å². The first kappa shape index (κ1) is 15.5. The Bertz CT molecular complexity index is 963. The van der Waals surface area contributed by atoms with Crippen LogP contribution in [0.15, 0.2) is 41.8 Å². The highest BCUT2D eigenvalue weighted by Gasteiger charge is 2.26. The van der Waals surface area contributed by atoms with Crippen molar-refractivity contribution in [2.75, 3.05) is 4.72 Å². The average molecular weight is 333 g/mol. The summed E-state index contributed by atoms with van der Waals surface area (Å²) in [5, 5.41) is 4.27. The lowest BCUT2D eigenvalue weighted by atomic mass is 10.1. The van der Waals surface area contributed by atoms with Crippen molar-refractivity contribution in [3.8, 4) is 0 Å². The highest BCUT2D eigenvalue weighted by Crippen LogP contribution is 2.22. The van der Waals surface area contributed by atoms with E-state index in [0.717, 1.165) is 11.3 Å². The molecule has 23 heavy (non-hydrogen) atoms. The minimum absolute atomic E-state index is 0.132.